The third-order valence-corrected chi connectivity index (χ3v) is 13.0. The standard InChI is InChI=1S/C48H60Si6/c1-49(2,3)25-19-37-31-43-44(32-38(37)20-26-50(4,5)6)46-34-40(22-28-52(10,11)12)42(24-30-54(16,17)18)36-48(46)47-35-41(23-29-53(13,14)15)39(33-45(43)47)21-27-51(7,8)9/h31-36H,1-18H3. The van der Waals surface area contributed by atoms with Crippen LogP contribution in [0.1, 0.15) is 33.4 Å². The highest BCUT2D eigenvalue weighted by Crippen LogP contribution is 2.39. The van der Waals surface area contributed by atoms with Crippen LogP contribution in [-0.2, 0) is 0 Å². The van der Waals surface area contributed by atoms with Gasteiger partial charge in [0.25, 0.3) is 0 Å². The van der Waals surface area contributed by atoms with Crippen molar-refractivity contribution in [1.82, 2.24) is 0 Å². The van der Waals surface area contributed by atoms with Crippen LogP contribution in [0.2, 0.25) is 118 Å². The maximum absolute atomic E-state index is 3.66. The van der Waals surface area contributed by atoms with E-state index in [1.165, 1.54) is 32.3 Å². The lowest BCUT2D eigenvalue weighted by Gasteiger charge is -2.16. The van der Waals surface area contributed by atoms with Gasteiger partial charge in [0.2, 0.25) is 0 Å². The summed E-state index contributed by atoms with van der Waals surface area (Å²) in [7, 11) is -10.00. The van der Waals surface area contributed by atoms with E-state index in [1.54, 1.807) is 0 Å². The van der Waals surface area contributed by atoms with Crippen LogP contribution < -0.4 is 0 Å². The van der Waals surface area contributed by atoms with E-state index in [2.05, 4.69) is 223 Å². The first-order chi connectivity index (χ1) is 24.5. The van der Waals surface area contributed by atoms with Gasteiger partial charge in [0.05, 0.1) is 0 Å². The molecule has 0 aliphatic rings. The quantitative estimate of drug-likeness (QED) is 0.0943. The van der Waals surface area contributed by atoms with Crippen LogP contribution in [0.5, 0.6) is 0 Å². The maximum atomic E-state index is 3.66. The van der Waals surface area contributed by atoms with Crippen LogP contribution in [0.4, 0.5) is 0 Å². The molecule has 0 saturated carbocycles. The summed E-state index contributed by atoms with van der Waals surface area (Å²) in [4.78, 5) is 0. The second-order valence-corrected chi connectivity index (χ2v) is 49.3. The first-order valence-corrected chi connectivity index (χ1v) is 40.2. The van der Waals surface area contributed by atoms with Gasteiger partial charge in [0, 0.05) is 33.4 Å². The smallest absolute Gasteiger partial charge is 0.127 e. The summed E-state index contributed by atoms with van der Waals surface area (Å²) in [6.45, 7) is 41.4. The largest absolute Gasteiger partial charge is 0.129 e. The van der Waals surface area contributed by atoms with Gasteiger partial charge in [-0.2, -0.15) is 0 Å². The lowest BCUT2D eigenvalue weighted by molar-refractivity contribution is 1.62. The van der Waals surface area contributed by atoms with E-state index in [1.807, 2.05) is 0 Å². The summed E-state index contributed by atoms with van der Waals surface area (Å²) in [5, 5.41) is 7.01. The average Bonchev–Trinajstić information content (AvgIpc) is 2.99. The fraction of sp³-hybridized carbons (Fsp3) is 0.375. The highest BCUT2D eigenvalue weighted by Gasteiger charge is 2.19. The molecule has 0 amide bonds. The zero-order chi connectivity index (χ0) is 40.7. The molecule has 0 saturated heterocycles. The molecule has 0 aliphatic carbocycles. The molecular weight excluding hydrogens is 745 g/mol. The van der Waals surface area contributed by atoms with Gasteiger partial charge in [-0.15, -0.1) is 33.3 Å². The minimum Gasteiger partial charge on any atom is -0.127 e. The molecule has 4 rings (SSSR count). The van der Waals surface area contributed by atoms with Crippen molar-refractivity contribution < 1.29 is 0 Å². The Morgan fingerprint density at radius 3 is 0.426 bits per heavy atom. The Morgan fingerprint density at radius 2 is 0.333 bits per heavy atom. The van der Waals surface area contributed by atoms with Gasteiger partial charge in [0.1, 0.15) is 48.4 Å². The van der Waals surface area contributed by atoms with Gasteiger partial charge in [-0.1, -0.05) is 153 Å². The molecule has 0 fully saturated rings. The van der Waals surface area contributed by atoms with Crippen molar-refractivity contribution in [2.75, 3.05) is 0 Å². The topological polar surface area (TPSA) is 0 Å². The summed E-state index contributed by atoms with van der Waals surface area (Å²) in [6, 6.07) is 13.9. The predicted octanol–water partition coefficient (Wildman–Crippen LogP) is 12.5. The van der Waals surface area contributed by atoms with E-state index in [0.29, 0.717) is 0 Å². The van der Waals surface area contributed by atoms with Crippen LogP contribution >= 0.6 is 0 Å². The van der Waals surface area contributed by atoms with Crippen LogP contribution in [0.15, 0.2) is 36.4 Å². The van der Waals surface area contributed by atoms with E-state index in [9.17, 15) is 0 Å². The normalized spacial score (nSPS) is 12.1. The van der Waals surface area contributed by atoms with Crippen LogP contribution in [0, 0.1) is 68.8 Å². The number of hydrogen-bond acceptors (Lipinski definition) is 0. The predicted molar refractivity (Wildman–Crippen MR) is 260 cm³/mol. The fourth-order valence-electron chi connectivity index (χ4n) is 5.29. The van der Waals surface area contributed by atoms with Gasteiger partial charge in [-0.3, -0.25) is 0 Å². The zero-order valence-corrected chi connectivity index (χ0v) is 42.5. The highest BCUT2D eigenvalue weighted by molar-refractivity contribution is 6.85. The third-order valence-electron chi connectivity index (χ3n) is 7.78. The summed E-state index contributed by atoms with van der Waals surface area (Å²) < 4.78 is 0. The zero-order valence-electron chi connectivity index (χ0n) is 36.5. The molecular formula is C48H60Si6. The first-order valence-electron chi connectivity index (χ1n) is 19.2. The monoisotopic (exact) mass is 804 g/mol. The molecule has 0 aromatic heterocycles. The second kappa shape index (κ2) is 15.5. The number of benzene rings is 4. The molecule has 6 heteroatoms. The van der Waals surface area contributed by atoms with Crippen molar-refractivity contribution in [2.45, 2.75) is 118 Å². The minimum atomic E-state index is -1.67. The Labute approximate surface area is 335 Å². The molecule has 0 spiro atoms. The third kappa shape index (κ3) is 12.7. The molecule has 0 radical (unpaired) electrons. The Morgan fingerprint density at radius 1 is 0.222 bits per heavy atom. The van der Waals surface area contributed by atoms with E-state index >= 15 is 0 Å². The number of fused-ring (bicyclic) bond motifs is 6. The molecule has 0 unspecified atom stereocenters. The number of hydrogen-bond donors (Lipinski definition) is 0. The van der Waals surface area contributed by atoms with Crippen LogP contribution in [0.3, 0.4) is 0 Å². The van der Waals surface area contributed by atoms with Gasteiger partial charge in [-0.25, -0.2) is 0 Å². The van der Waals surface area contributed by atoms with Crippen molar-refractivity contribution in [1.29, 1.82) is 0 Å². The Bertz CT molecular complexity index is 2060. The lowest BCUT2D eigenvalue weighted by Crippen LogP contribution is -2.17. The Kier molecular flexibility index (Phi) is 12.3. The van der Waals surface area contributed by atoms with E-state index in [-0.39, 0.29) is 0 Å². The van der Waals surface area contributed by atoms with E-state index in [4.69, 9.17) is 0 Å². The van der Waals surface area contributed by atoms with Gasteiger partial charge >= 0.3 is 0 Å². The summed E-state index contributed by atoms with van der Waals surface area (Å²) in [5.41, 5.74) is 28.0. The maximum Gasteiger partial charge on any atom is 0.129 e. The van der Waals surface area contributed by atoms with Crippen molar-refractivity contribution in [3.63, 3.8) is 0 Å². The molecule has 54 heavy (non-hydrogen) atoms. The van der Waals surface area contributed by atoms with Gasteiger partial charge < -0.3 is 0 Å². The molecule has 4 aromatic rings. The highest BCUT2D eigenvalue weighted by atomic mass is 28.3. The lowest BCUT2D eigenvalue weighted by atomic mass is 9.87. The van der Waals surface area contributed by atoms with Crippen molar-refractivity contribution in [2.24, 2.45) is 0 Å². The van der Waals surface area contributed by atoms with Crippen molar-refractivity contribution in [3.8, 4) is 68.8 Å². The fourth-order valence-corrected chi connectivity index (χ4v) is 8.34. The second-order valence-electron chi connectivity index (χ2n) is 20.8. The van der Waals surface area contributed by atoms with Gasteiger partial charge in [0.15, 0.2) is 0 Å². The van der Waals surface area contributed by atoms with Crippen LogP contribution in [-0.4, -0.2) is 48.4 Å². The minimum absolute atomic E-state index is 1.00. The van der Waals surface area contributed by atoms with E-state index in [0.717, 1.165) is 33.4 Å². The average molecular weight is 806 g/mol. The Balaban J connectivity index is 2.41. The molecule has 0 N–H and O–H groups in total. The first kappa shape index (κ1) is 43.1. The molecule has 0 heterocycles. The molecule has 0 aliphatic heterocycles. The molecule has 276 valence electrons. The molecule has 0 nitrogen and oxygen atoms in total. The van der Waals surface area contributed by atoms with E-state index < -0.39 is 48.4 Å². The van der Waals surface area contributed by atoms with Crippen LogP contribution in [0.25, 0.3) is 32.3 Å². The Hall–Kier alpha value is -3.68. The molecule has 0 bridgehead atoms. The summed E-state index contributed by atoms with van der Waals surface area (Å²) in [6.07, 6.45) is 0. The summed E-state index contributed by atoms with van der Waals surface area (Å²) in [5.74, 6) is 21.9. The van der Waals surface area contributed by atoms with Crippen molar-refractivity contribution in [3.05, 3.63) is 69.8 Å². The molecule has 0 atom stereocenters. The number of rotatable bonds is 0. The van der Waals surface area contributed by atoms with Gasteiger partial charge in [-0.05, 0) is 68.7 Å². The summed E-state index contributed by atoms with van der Waals surface area (Å²) >= 11 is 0. The SMILES string of the molecule is C[Si](C)(C)C#Cc1cc2c3cc(C#C[Si](C)(C)C)c(C#C[Si](C)(C)C)cc3c3cc(C#C[Si](C)(C)C)c(C#C[Si](C)(C)C)cc3c2cc1C#C[Si](C)(C)C. The molecule has 4 aromatic carbocycles. The van der Waals surface area contributed by atoms with Crippen molar-refractivity contribution >= 4 is 80.8 Å².